The predicted molar refractivity (Wildman–Crippen MR) is 97.8 cm³/mol. The molecule has 0 radical (unpaired) electrons. The monoisotopic (exact) mass is 417 g/mol. The normalized spacial score (nSPS) is 20.9. The first-order valence-corrected chi connectivity index (χ1v) is 8.93. The summed E-state index contributed by atoms with van der Waals surface area (Å²) in [7, 11) is 1.58. The molecule has 0 bridgehead atoms. The number of halogens is 1. The van der Waals surface area contributed by atoms with Gasteiger partial charge in [-0.05, 0) is 36.4 Å². The largest absolute Gasteiger partial charge is 0.486 e. The number of fused-ring (bicyclic) bond motifs is 2. The standard InChI is InChI=1S/C19H16BrNO5/c1-21-14-4-3-12(20)9-13(14)19(24,18(21)23)10-15(22)11-2-5-16-17(8-11)26-7-6-25-16/h2-5,8-9,24H,6-7,10H2,1H3/t19-/m1/s1. The second-order valence-electron chi connectivity index (χ2n) is 6.34. The molecule has 134 valence electrons. The summed E-state index contributed by atoms with van der Waals surface area (Å²) in [6.45, 7) is 0.881. The van der Waals surface area contributed by atoms with Crippen LogP contribution in [0.2, 0.25) is 0 Å². The minimum Gasteiger partial charge on any atom is -0.486 e. The van der Waals surface area contributed by atoms with Gasteiger partial charge in [-0.25, -0.2) is 0 Å². The van der Waals surface area contributed by atoms with Crippen molar-refractivity contribution in [2.45, 2.75) is 12.0 Å². The van der Waals surface area contributed by atoms with Crippen LogP contribution < -0.4 is 14.4 Å². The fourth-order valence-corrected chi connectivity index (χ4v) is 3.72. The number of anilines is 1. The zero-order valence-corrected chi connectivity index (χ0v) is 15.6. The molecule has 6 nitrogen and oxygen atoms in total. The predicted octanol–water partition coefficient (Wildman–Crippen LogP) is 2.66. The highest BCUT2D eigenvalue weighted by molar-refractivity contribution is 9.10. The average Bonchev–Trinajstić information content (AvgIpc) is 2.82. The Balaban J connectivity index is 1.67. The molecule has 2 aliphatic heterocycles. The van der Waals surface area contributed by atoms with Gasteiger partial charge in [0.05, 0.1) is 12.1 Å². The lowest BCUT2D eigenvalue weighted by atomic mass is 9.88. The number of carbonyl (C=O) groups is 2. The molecular weight excluding hydrogens is 402 g/mol. The van der Waals surface area contributed by atoms with Gasteiger partial charge in [0.1, 0.15) is 13.2 Å². The molecule has 2 aromatic rings. The first kappa shape index (κ1) is 17.1. The number of likely N-dealkylation sites (N-methyl/N-ethyl adjacent to an activating group) is 1. The highest BCUT2D eigenvalue weighted by atomic mass is 79.9. The van der Waals surface area contributed by atoms with E-state index in [0.717, 1.165) is 4.47 Å². The van der Waals surface area contributed by atoms with Crippen molar-refractivity contribution in [2.24, 2.45) is 0 Å². The molecule has 1 atom stereocenters. The molecular formula is C19H16BrNO5. The lowest BCUT2D eigenvalue weighted by molar-refractivity contribution is -0.135. The van der Waals surface area contributed by atoms with Crippen LogP contribution in [0.3, 0.4) is 0 Å². The van der Waals surface area contributed by atoms with Gasteiger partial charge in [0.2, 0.25) is 0 Å². The van der Waals surface area contributed by atoms with E-state index >= 15 is 0 Å². The van der Waals surface area contributed by atoms with E-state index in [-0.39, 0.29) is 12.2 Å². The highest BCUT2D eigenvalue weighted by Crippen LogP contribution is 2.43. The van der Waals surface area contributed by atoms with Crippen LogP contribution in [-0.2, 0) is 10.4 Å². The molecule has 0 saturated heterocycles. The Kier molecular flexibility index (Phi) is 4.00. The van der Waals surface area contributed by atoms with Crippen molar-refractivity contribution < 1.29 is 24.2 Å². The summed E-state index contributed by atoms with van der Waals surface area (Å²) in [5.41, 5.74) is -0.513. The average molecular weight is 418 g/mol. The molecule has 2 aliphatic rings. The van der Waals surface area contributed by atoms with Crippen LogP contribution in [0, 0.1) is 0 Å². The summed E-state index contributed by atoms with van der Waals surface area (Å²) in [5, 5.41) is 11.1. The number of amides is 1. The number of ketones is 1. The van der Waals surface area contributed by atoms with Gasteiger partial charge < -0.3 is 19.5 Å². The van der Waals surface area contributed by atoms with Crippen molar-refractivity contribution in [1.82, 2.24) is 0 Å². The topological polar surface area (TPSA) is 76.1 Å². The highest BCUT2D eigenvalue weighted by Gasteiger charge is 2.49. The summed E-state index contributed by atoms with van der Waals surface area (Å²) >= 11 is 3.35. The van der Waals surface area contributed by atoms with E-state index in [1.165, 1.54) is 4.90 Å². The number of benzene rings is 2. The Bertz CT molecular complexity index is 928. The number of carbonyl (C=O) groups excluding carboxylic acids is 2. The lowest BCUT2D eigenvalue weighted by Gasteiger charge is -2.22. The van der Waals surface area contributed by atoms with Crippen LogP contribution in [0.15, 0.2) is 40.9 Å². The maximum Gasteiger partial charge on any atom is 0.263 e. The van der Waals surface area contributed by atoms with Gasteiger partial charge in [-0.15, -0.1) is 0 Å². The number of hydrogen-bond acceptors (Lipinski definition) is 5. The molecule has 1 amide bonds. The van der Waals surface area contributed by atoms with E-state index in [2.05, 4.69) is 15.9 Å². The SMILES string of the molecule is CN1C(=O)[C@@](O)(CC(=O)c2ccc3c(c2)OCCO3)c2cc(Br)ccc21. The van der Waals surface area contributed by atoms with E-state index in [0.29, 0.717) is 41.5 Å². The molecule has 0 saturated carbocycles. The van der Waals surface area contributed by atoms with E-state index < -0.39 is 11.5 Å². The fraction of sp³-hybridized carbons (Fsp3) is 0.263. The Labute approximate surface area is 158 Å². The van der Waals surface area contributed by atoms with Crippen LogP contribution >= 0.6 is 15.9 Å². The summed E-state index contributed by atoms with van der Waals surface area (Å²) in [4.78, 5) is 26.8. The van der Waals surface area contributed by atoms with Crippen LogP contribution in [-0.4, -0.2) is 37.1 Å². The molecule has 0 spiro atoms. The van der Waals surface area contributed by atoms with Gasteiger partial charge in [0.15, 0.2) is 22.9 Å². The molecule has 4 rings (SSSR count). The maximum absolute atomic E-state index is 12.8. The lowest BCUT2D eigenvalue weighted by Crippen LogP contribution is -2.40. The zero-order valence-electron chi connectivity index (χ0n) is 14.0. The van der Waals surface area contributed by atoms with Crippen LogP contribution in [0.25, 0.3) is 0 Å². The number of nitrogens with zero attached hydrogens (tertiary/aromatic N) is 1. The fourth-order valence-electron chi connectivity index (χ4n) is 3.36. The maximum atomic E-state index is 12.8. The number of hydrogen-bond donors (Lipinski definition) is 1. The van der Waals surface area contributed by atoms with Crippen molar-refractivity contribution in [3.63, 3.8) is 0 Å². The molecule has 7 heteroatoms. The first-order chi connectivity index (χ1) is 12.4. The Morgan fingerprint density at radius 1 is 1.19 bits per heavy atom. The molecule has 26 heavy (non-hydrogen) atoms. The quantitative estimate of drug-likeness (QED) is 0.776. The minimum atomic E-state index is -1.89. The Morgan fingerprint density at radius 3 is 2.69 bits per heavy atom. The number of rotatable bonds is 3. The van der Waals surface area contributed by atoms with E-state index in [4.69, 9.17) is 9.47 Å². The molecule has 2 heterocycles. The van der Waals surface area contributed by atoms with E-state index in [9.17, 15) is 14.7 Å². The van der Waals surface area contributed by atoms with Gasteiger partial charge in [-0.3, -0.25) is 9.59 Å². The zero-order chi connectivity index (χ0) is 18.5. The van der Waals surface area contributed by atoms with Crippen molar-refractivity contribution in [3.8, 4) is 11.5 Å². The Hall–Kier alpha value is -2.38. The third kappa shape index (κ3) is 2.59. The molecule has 1 N–H and O–H groups in total. The van der Waals surface area contributed by atoms with Crippen molar-refractivity contribution >= 4 is 33.3 Å². The number of aliphatic hydroxyl groups is 1. The third-order valence-electron chi connectivity index (χ3n) is 4.70. The van der Waals surface area contributed by atoms with Gasteiger partial charge >= 0.3 is 0 Å². The van der Waals surface area contributed by atoms with Crippen LogP contribution in [0.5, 0.6) is 11.5 Å². The van der Waals surface area contributed by atoms with Crippen LogP contribution in [0.4, 0.5) is 5.69 Å². The van der Waals surface area contributed by atoms with Crippen molar-refractivity contribution in [2.75, 3.05) is 25.2 Å². The van der Waals surface area contributed by atoms with E-state index in [1.807, 2.05) is 0 Å². The smallest absolute Gasteiger partial charge is 0.263 e. The third-order valence-corrected chi connectivity index (χ3v) is 5.20. The molecule has 2 aromatic carbocycles. The van der Waals surface area contributed by atoms with Gasteiger partial charge in [-0.2, -0.15) is 0 Å². The second kappa shape index (κ2) is 6.10. The molecule has 0 aromatic heterocycles. The van der Waals surface area contributed by atoms with Gasteiger partial charge in [-0.1, -0.05) is 15.9 Å². The number of ether oxygens (including phenoxy) is 2. The van der Waals surface area contributed by atoms with Crippen LogP contribution in [0.1, 0.15) is 22.3 Å². The molecule has 0 fully saturated rings. The number of Topliss-reactive ketones (excluding diaryl/α,β-unsaturated/α-hetero) is 1. The summed E-state index contributed by atoms with van der Waals surface area (Å²) < 4.78 is 11.7. The minimum absolute atomic E-state index is 0.348. The van der Waals surface area contributed by atoms with Gasteiger partial charge in [0, 0.05) is 22.6 Å². The summed E-state index contributed by atoms with van der Waals surface area (Å²) in [6.07, 6.45) is -0.348. The van der Waals surface area contributed by atoms with Crippen molar-refractivity contribution in [3.05, 3.63) is 52.0 Å². The first-order valence-electron chi connectivity index (χ1n) is 8.13. The summed E-state index contributed by atoms with van der Waals surface area (Å²) in [5.74, 6) is 0.208. The van der Waals surface area contributed by atoms with Crippen molar-refractivity contribution in [1.29, 1.82) is 0 Å². The molecule has 0 unspecified atom stereocenters. The van der Waals surface area contributed by atoms with E-state index in [1.54, 1.807) is 43.4 Å². The summed E-state index contributed by atoms with van der Waals surface area (Å²) in [6, 6.07) is 10.1. The van der Waals surface area contributed by atoms with Gasteiger partial charge in [0.25, 0.3) is 5.91 Å². The Morgan fingerprint density at radius 2 is 1.92 bits per heavy atom. The molecule has 0 aliphatic carbocycles. The second-order valence-corrected chi connectivity index (χ2v) is 7.26.